The van der Waals surface area contributed by atoms with Gasteiger partial charge in [-0.2, -0.15) is 0 Å². The molecule has 0 atom stereocenters. The largest absolute Gasteiger partial charge is 0.494 e. The lowest BCUT2D eigenvalue weighted by Crippen LogP contribution is -1.96. The summed E-state index contributed by atoms with van der Waals surface area (Å²) in [5, 5.41) is 0. The number of benzene rings is 2. The van der Waals surface area contributed by atoms with Crippen LogP contribution in [-0.2, 0) is 6.42 Å². The van der Waals surface area contributed by atoms with Crippen LogP contribution in [0.25, 0.3) is 0 Å². The first-order chi connectivity index (χ1) is 10.8. The molecule has 0 saturated heterocycles. The smallest absolute Gasteiger partial charge is 0.119 e. The number of aliphatic imine (C=N–C) groups is 1. The molecule has 0 radical (unpaired) electrons. The molecule has 2 aromatic carbocycles. The lowest BCUT2D eigenvalue weighted by atomic mass is 10.1. The first-order valence-corrected chi connectivity index (χ1v) is 7.78. The van der Waals surface area contributed by atoms with E-state index in [0.717, 1.165) is 42.9 Å². The highest BCUT2D eigenvalue weighted by Gasteiger charge is 1.95. The fraction of sp³-hybridized carbons (Fsp3) is 0.250. The van der Waals surface area contributed by atoms with Gasteiger partial charge in [-0.3, -0.25) is 4.99 Å². The molecule has 0 unspecified atom stereocenters. The van der Waals surface area contributed by atoms with Gasteiger partial charge in [0.25, 0.3) is 0 Å². The van der Waals surface area contributed by atoms with Crippen LogP contribution >= 0.6 is 0 Å². The standard InChI is InChI=1S/C20H23NO/c1-3-5-15-22-20-13-9-18(10-14-20)16-21-19-11-7-17(6-4-2)8-12-19/h4,7-14,16H,2-3,5-6,15H2,1H3. The number of hydrogen-bond donors (Lipinski definition) is 0. The van der Waals surface area contributed by atoms with E-state index in [-0.39, 0.29) is 0 Å². The van der Waals surface area contributed by atoms with Gasteiger partial charge in [-0.15, -0.1) is 6.58 Å². The number of unbranched alkanes of at least 4 members (excludes halogenated alkanes) is 1. The molecule has 2 nitrogen and oxygen atoms in total. The number of hydrogen-bond acceptors (Lipinski definition) is 2. The number of ether oxygens (including phenoxy) is 1. The van der Waals surface area contributed by atoms with E-state index in [2.05, 4.69) is 30.6 Å². The van der Waals surface area contributed by atoms with Gasteiger partial charge in [0.2, 0.25) is 0 Å². The summed E-state index contributed by atoms with van der Waals surface area (Å²) in [6, 6.07) is 16.2. The lowest BCUT2D eigenvalue weighted by molar-refractivity contribution is 0.309. The molecule has 0 spiro atoms. The third kappa shape index (κ3) is 5.21. The third-order valence-electron chi connectivity index (χ3n) is 3.33. The van der Waals surface area contributed by atoms with Crippen molar-refractivity contribution in [2.24, 2.45) is 4.99 Å². The van der Waals surface area contributed by atoms with E-state index < -0.39 is 0 Å². The molecule has 0 aliphatic rings. The maximum atomic E-state index is 5.65. The Kier molecular flexibility index (Phi) is 6.43. The van der Waals surface area contributed by atoms with E-state index in [1.807, 2.05) is 48.7 Å². The highest BCUT2D eigenvalue weighted by molar-refractivity contribution is 5.82. The molecule has 0 N–H and O–H groups in total. The summed E-state index contributed by atoms with van der Waals surface area (Å²) in [5.74, 6) is 0.916. The molecule has 2 heteroatoms. The Morgan fingerprint density at radius 3 is 2.41 bits per heavy atom. The molecular formula is C20H23NO. The predicted molar refractivity (Wildman–Crippen MR) is 94.4 cm³/mol. The van der Waals surface area contributed by atoms with Gasteiger partial charge in [-0.25, -0.2) is 0 Å². The minimum Gasteiger partial charge on any atom is -0.494 e. The molecule has 0 aliphatic carbocycles. The molecule has 0 bridgehead atoms. The zero-order valence-corrected chi connectivity index (χ0v) is 13.2. The zero-order chi connectivity index (χ0) is 15.6. The van der Waals surface area contributed by atoms with Crippen LogP contribution in [0.5, 0.6) is 5.75 Å². The SMILES string of the molecule is C=CCc1ccc(N=Cc2ccc(OCCCC)cc2)cc1. The molecule has 114 valence electrons. The first kappa shape index (κ1) is 16.0. The fourth-order valence-electron chi connectivity index (χ4n) is 2.02. The van der Waals surface area contributed by atoms with Crippen molar-refractivity contribution in [1.29, 1.82) is 0 Å². The van der Waals surface area contributed by atoms with Crippen molar-refractivity contribution in [2.75, 3.05) is 6.61 Å². The summed E-state index contributed by atoms with van der Waals surface area (Å²) < 4.78 is 5.65. The van der Waals surface area contributed by atoms with Gasteiger partial charge in [0.05, 0.1) is 12.3 Å². The molecular weight excluding hydrogens is 270 g/mol. The average molecular weight is 293 g/mol. The Morgan fingerprint density at radius 2 is 1.77 bits per heavy atom. The Bertz CT molecular complexity index is 597. The van der Waals surface area contributed by atoms with Gasteiger partial charge in [0.1, 0.15) is 5.75 Å². The van der Waals surface area contributed by atoms with Crippen molar-refractivity contribution in [2.45, 2.75) is 26.2 Å². The van der Waals surface area contributed by atoms with E-state index in [1.165, 1.54) is 5.56 Å². The van der Waals surface area contributed by atoms with Crippen LogP contribution in [0, 0.1) is 0 Å². The summed E-state index contributed by atoms with van der Waals surface area (Å²) in [7, 11) is 0. The second-order valence-electron chi connectivity index (χ2n) is 5.19. The molecule has 0 amide bonds. The van der Waals surface area contributed by atoms with E-state index >= 15 is 0 Å². The number of nitrogens with zero attached hydrogens (tertiary/aromatic N) is 1. The maximum absolute atomic E-state index is 5.65. The molecule has 0 aliphatic heterocycles. The van der Waals surface area contributed by atoms with Gasteiger partial charge < -0.3 is 4.74 Å². The third-order valence-corrected chi connectivity index (χ3v) is 3.33. The van der Waals surface area contributed by atoms with E-state index in [4.69, 9.17) is 4.74 Å². The molecule has 2 aromatic rings. The minimum atomic E-state index is 0.779. The zero-order valence-electron chi connectivity index (χ0n) is 13.2. The lowest BCUT2D eigenvalue weighted by Gasteiger charge is -2.04. The Balaban J connectivity index is 1.93. The van der Waals surface area contributed by atoms with Gasteiger partial charge >= 0.3 is 0 Å². The van der Waals surface area contributed by atoms with Crippen molar-refractivity contribution in [3.8, 4) is 5.75 Å². The van der Waals surface area contributed by atoms with Crippen LogP contribution in [0.1, 0.15) is 30.9 Å². The Labute approximate surface area is 133 Å². The second-order valence-corrected chi connectivity index (χ2v) is 5.19. The molecule has 0 fully saturated rings. The molecule has 2 rings (SSSR count). The Hall–Kier alpha value is -2.35. The normalized spacial score (nSPS) is 10.8. The summed E-state index contributed by atoms with van der Waals surface area (Å²) in [5.41, 5.74) is 3.27. The summed E-state index contributed by atoms with van der Waals surface area (Å²) in [6.07, 6.45) is 6.91. The van der Waals surface area contributed by atoms with E-state index in [9.17, 15) is 0 Å². The van der Waals surface area contributed by atoms with Crippen LogP contribution in [-0.4, -0.2) is 12.8 Å². The predicted octanol–water partition coefficient (Wildman–Crippen LogP) is 5.34. The minimum absolute atomic E-state index is 0.779. The van der Waals surface area contributed by atoms with Crippen LogP contribution in [0.3, 0.4) is 0 Å². The van der Waals surface area contributed by atoms with E-state index in [1.54, 1.807) is 0 Å². The van der Waals surface area contributed by atoms with E-state index in [0.29, 0.717) is 0 Å². The topological polar surface area (TPSA) is 21.6 Å². The van der Waals surface area contributed by atoms with Crippen LogP contribution < -0.4 is 4.74 Å². The first-order valence-electron chi connectivity index (χ1n) is 7.78. The van der Waals surface area contributed by atoms with Crippen molar-refractivity contribution in [3.63, 3.8) is 0 Å². The van der Waals surface area contributed by atoms with Crippen molar-refractivity contribution < 1.29 is 4.74 Å². The van der Waals surface area contributed by atoms with Crippen LogP contribution in [0.4, 0.5) is 5.69 Å². The molecule has 22 heavy (non-hydrogen) atoms. The number of allylic oxidation sites excluding steroid dienone is 1. The highest BCUT2D eigenvalue weighted by atomic mass is 16.5. The van der Waals surface area contributed by atoms with Crippen molar-refractivity contribution >= 4 is 11.9 Å². The van der Waals surface area contributed by atoms with Gasteiger partial charge in [0, 0.05) is 6.21 Å². The summed E-state index contributed by atoms with van der Waals surface area (Å²) in [6.45, 7) is 6.68. The van der Waals surface area contributed by atoms with Crippen LogP contribution in [0.15, 0.2) is 66.2 Å². The monoisotopic (exact) mass is 293 g/mol. The van der Waals surface area contributed by atoms with Gasteiger partial charge in [0.15, 0.2) is 0 Å². The van der Waals surface area contributed by atoms with Crippen molar-refractivity contribution in [3.05, 3.63) is 72.3 Å². The number of rotatable bonds is 8. The summed E-state index contributed by atoms with van der Waals surface area (Å²) in [4.78, 5) is 4.49. The second kappa shape index (κ2) is 8.83. The molecule has 0 aromatic heterocycles. The highest BCUT2D eigenvalue weighted by Crippen LogP contribution is 2.15. The Morgan fingerprint density at radius 1 is 1.05 bits per heavy atom. The van der Waals surface area contributed by atoms with Gasteiger partial charge in [-0.05, 0) is 60.4 Å². The molecule has 0 heterocycles. The van der Waals surface area contributed by atoms with Gasteiger partial charge in [-0.1, -0.05) is 31.6 Å². The summed E-state index contributed by atoms with van der Waals surface area (Å²) >= 11 is 0. The fourth-order valence-corrected chi connectivity index (χ4v) is 2.02. The maximum Gasteiger partial charge on any atom is 0.119 e. The van der Waals surface area contributed by atoms with Crippen LogP contribution in [0.2, 0.25) is 0 Å². The average Bonchev–Trinajstić information content (AvgIpc) is 2.56. The molecule has 0 saturated carbocycles. The van der Waals surface area contributed by atoms with Crippen molar-refractivity contribution in [1.82, 2.24) is 0 Å². The quantitative estimate of drug-likeness (QED) is 0.365.